The SMILES string of the molecule is CCC(CC1CCOCC1)c1cc(O)c(C(c2ccccc2)C2CC2)c(=O)o1. The van der Waals surface area contributed by atoms with Gasteiger partial charge in [-0.3, -0.25) is 0 Å². The van der Waals surface area contributed by atoms with E-state index in [0.29, 0.717) is 23.2 Å². The van der Waals surface area contributed by atoms with Gasteiger partial charge in [-0.2, -0.15) is 0 Å². The molecule has 4 nitrogen and oxygen atoms in total. The molecule has 2 fully saturated rings. The van der Waals surface area contributed by atoms with Crippen LogP contribution in [0.15, 0.2) is 45.6 Å². The standard InChI is InChI=1S/C24H30O4/c1-2-17(14-16-10-12-27-13-11-16)21-15-20(25)23(24(26)28-21)22(19-8-9-19)18-6-4-3-5-7-18/h3-7,15-17,19,22,25H,2,8-14H2,1H3. The Kier molecular flexibility index (Phi) is 5.86. The summed E-state index contributed by atoms with van der Waals surface area (Å²) < 4.78 is 11.3. The molecule has 0 radical (unpaired) electrons. The summed E-state index contributed by atoms with van der Waals surface area (Å²) in [5.74, 6) is 1.80. The van der Waals surface area contributed by atoms with E-state index < -0.39 is 0 Å². The summed E-state index contributed by atoms with van der Waals surface area (Å²) in [6.45, 7) is 3.75. The fourth-order valence-corrected chi connectivity index (χ4v) is 4.63. The minimum Gasteiger partial charge on any atom is -0.507 e. The summed E-state index contributed by atoms with van der Waals surface area (Å²) >= 11 is 0. The number of aromatic hydroxyl groups is 1. The Labute approximate surface area is 166 Å². The van der Waals surface area contributed by atoms with Gasteiger partial charge in [0.05, 0.1) is 5.56 Å². The summed E-state index contributed by atoms with van der Waals surface area (Å²) in [6.07, 6.45) is 6.16. The third-order valence-corrected chi connectivity index (χ3v) is 6.40. The molecule has 28 heavy (non-hydrogen) atoms. The zero-order valence-electron chi connectivity index (χ0n) is 16.6. The van der Waals surface area contributed by atoms with Crippen LogP contribution < -0.4 is 5.63 Å². The largest absolute Gasteiger partial charge is 0.507 e. The first-order valence-corrected chi connectivity index (χ1v) is 10.7. The third kappa shape index (κ3) is 4.17. The Morgan fingerprint density at radius 1 is 1.11 bits per heavy atom. The van der Waals surface area contributed by atoms with Gasteiger partial charge in [0.25, 0.3) is 0 Å². The molecule has 0 bridgehead atoms. The van der Waals surface area contributed by atoms with E-state index in [1.807, 2.05) is 30.3 Å². The summed E-state index contributed by atoms with van der Waals surface area (Å²) in [7, 11) is 0. The molecule has 2 atom stereocenters. The van der Waals surface area contributed by atoms with E-state index in [1.54, 1.807) is 6.07 Å². The molecule has 4 heteroatoms. The molecular weight excluding hydrogens is 352 g/mol. The van der Waals surface area contributed by atoms with E-state index >= 15 is 0 Å². The van der Waals surface area contributed by atoms with Crippen molar-refractivity contribution in [2.75, 3.05) is 13.2 Å². The Morgan fingerprint density at radius 3 is 2.43 bits per heavy atom. The summed E-state index contributed by atoms with van der Waals surface area (Å²) in [5.41, 5.74) is 1.13. The molecule has 1 saturated heterocycles. The maximum atomic E-state index is 13.0. The van der Waals surface area contributed by atoms with Crippen molar-refractivity contribution in [2.45, 2.75) is 57.3 Å². The van der Waals surface area contributed by atoms with Crippen LogP contribution in [0.3, 0.4) is 0 Å². The first-order chi connectivity index (χ1) is 13.7. The van der Waals surface area contributed by atoms with E-state index in [1.165, 1.54) is 0 Å². The van der Waals surface area contributed by atoms with Crippen LogP contribution >= 0.6 is 0 Å². The fourth-order valence-electron chi connectivity index (χ4n) is 4.63. The van der Waals surface area contributed by atoms with Gasteiger partial charge in [-0.05, 0) is 55.9 Å². The number of benzene rings is 1. The normalized spacial score (nSPS) is 20.0. The van der Waals surface area contributed by atoms with Crippen LogP contribution in [0.1, 0.15) is 74.2 Å². The molecule has 1 aliphatic carbocycles. The Hall–Kier alpha value is -2.07. The average Bonchev–Trinajstić information content (AvgIpc) is 3.55. The molecule has 1 aromatic carbocycles. The molecule has 1 aliphatic heterocycles. The van der Waals surface area contributed by atoms with E-state index in [9.17, 15) is 9.90 Å². The van der Waals surface area contributed by atoms with Crippen molar-refractivity contribution in [1.29, 1.82) is 0 Å². The Morgan fingerprint density at radius 2 is 1.82 bits per heavy atom. The van der Waals surface area contributed by atoms with Gasteiger partial charge in [0.1, 0.15) is 11.5 Å². The lowest BCUT2D eigenvalue weighted by molar-refractivity contribution is 0.0606. The lowest BCUT2D eigenvalue weighted by atomic mass is 9.85. The lowest BCUT2D eigenvalue weighted by Gasteiger charge is -2.26. The van der Waals surface area contributed by atoms with Crippen molar-refractivity contribution >= 4 is 0 Å². The topological polar surface area (TPSA) is 59.7 Å². The van der Waals surface area contributed by atoms with Gasteiger partial charge in [-0.1, -0.05) is 37.3 Å². The zero-order chi connectivity index (χ0) is 19.5. The van der Waals surface area contributed by atoms with E-state index in [-0.39, 0.29) is 23.2 Å². The number of ether oxygens (including phenoxy) is 1. The molecule has 2 heterocycles. The van der Waals surface area contributed by atoms with Gasteiger partial charge >= 0.3 is 5.63 Å². The highest BCUT2D eigenvalue weighted by molar-refractivity contribution is 5.41. The van der Waals surface area contributed by atoms with Crippen LogP contribution in [0.5, 0.6) is 5.75 Å². The van der Waals surface area contributed by atoms with E-state index in [2.05, 4.69) is 6.92 Å². The molecule has 1 aromatic heterocycles. The first-order valence-electron chi connectivity index (χ1n) is 10.7. The Bertz CT molecular complexity index is 831. The third-order valence-electron chi connectivity index (χ3n) is 6.40. The van der Waals surface area contributed by atoms with Gasteiger partial charge < -0.3 is 14.3 Å². The predicted octanol–water partition coefficient (Wildman–Crippen LogP) is 5.20. The monoisotopic (exact) mass is 382 g/mol. The molecule has 0 amide bonds. The Balaban J connectivity index is 1.63. The quantitative estimate of drug-likeness (QED) is 0.715. The first kappa shape index (κ1) is 19.3. The minimum atomic E-state index is -0.374. The zero-order valence-corrected chi connectivity index (χ0v) is 16.6. The van der Waals surface area contributed by atoms with Gasteiger partial charge in [0.15, 0.2) is 0 Å². The molecule has 4 rings (SSSR count). The second-order valence-corrected chi connectivity index (χ2v) is 8.36. The number of hydrogen-bond donors (Lipinski definition) is 1. The number of hydrogen-bond acceptors (Lipinski definition) is 4. The van der Waals surface area contributed by atoms with E-state index in [4.69, 9.17) is 9.15 Å². The molecule has 2 unspecified atom stereocenters. The molecule has 0 spiro atoms. The van der Waals surface area contributed by atoms with Crippen LogP contribution in [0, 0.1) is 11.8 Å². The average molecular weight is 383 g/mol. The molecule has 1 N–H and O–H groups in total. The van der Waals surface area contributed by atoms with Crippen LogP contribution in [0.4, 0.5) is 0 Å². The maximum absolute atomic E-state index is 13.0. The van der Waals surface area contributed by atoms with Crippen LogP contribution in [-0.2, 0) is 4.74 Å². The fraction of sp³-hybridized carbons (Fsp3) is 0.542. The minimum absolute atomic E-state index is 0.0814. The molecular formula is C24H30O4. The highest BCUT2D eigenvalue weighted by atomic mass is 16.5. The summed E-state index contributed by atoms with van der Waals surface area (Å²) in [6, 6.07) is 11.7. The summed E-state index contributed by atoms with van der Waals surface area (Å²) in [5, 5.41) is 10.9. The maximum Gasteiger partial charge on any atom is 0.343 e. The number of rotatable bonds is 7. The highest BCUT2D eigenvalue weighted by Crippen LogP contribution is 2.47. The molecule has 2 aromatic rings. The molecule has 2 aliphatic rings. The highest BCUT2D eigenvalue weighted by Gasteiger charge is 2.37. The molecule has 150 valence electrons. The van der Waals surface area contributed by atoms with Gasteiger partial charge in [0.2, 0.25) is 0 Å². The summed E-state index contributed by atoms with van der Waals surface area (Å²) in [4.78, 5) is 13.0. The molecule has 1 saturated carbocycles. The van der Waals surface area contributed by atoms with Gasteiger partial charge in [0, 0.05) is 31.1 Å². The smallest absolute Gasteiger partial charge is 0.343 e. The van der Waals surface area contributed by atoms with Crippen LogP contribution in [0.2, 0.25) is 0 Å². The van der Waals surface area contributed by atoms with Gasteiger partial charge in [-0.15, -0.1) is 0 Å². The van der Waals surface area contributed by atoms with Crippen molar-refractivity contribution in [3.05, 3.63) is 63.7 Å². The van der Waals surface area contributed by atoms with Crippen molar-refractivity contribution in [1.82, 2.24) is 0 Å². The van der Waals surface area contributed by atoms with Crippen LogP contribution in [-0.4, -0.2) is 18.3 Å². The van der Waals surface area contributed by atoms with E-state index in [0.717, 1.165) is 57.3 Å². The second-order valence-electron chi connectivity index (χ2n) is 8.36. The van der Waals surface area contributed by atoms with Crippen molar-refractivity contribution < 1.29 is 14.3 Å². The van der Waals surface area contributed by atoms with Crippen molar-refractivity contribution in [3.63, 3.8) is 0 Å². The second kappa shape index (κ2) is 8.52. The van der Waals surface area contributed by atoms with Crippen molar-refractivity contribution in [3.8, 4) is 5.75 Å². The van der Waals surface area contributed by atoms with Gasteiger partial charge in [-0.25, -0.2) is 4.79 Å². The predicted molar refractivity (Wildman–Crippen MR) is 109 cm³/mol. The van der Waals surface area contributed by atoms with Crippen molar-refractivity contribution in [2.24, 2.45) is 11.8 Å². The van der Waals surface area contributed by atoms with Crippen LogP contribution in [0.25, 0.3) is 0 Å². The lowest BCUT2D eigenvalue weighted by Crippen LogP contribution is -2.20.